The van der Waals surface area contributed by atoms with Crippen LogP contribution in [0.2, 0.25) is 0 Å². The van der Waals surface area contributed by atoms with E-state index < -0.39 is 10.0 Å². The van der Waals surface area contributed by atoms with Gasteiger partial charge in [0.05, 0.1) is 4.90 Å². The molecule has 0 spiro atoms. The van der Waals surface area contributed by atoms with E-state index in [-0.39, 0.29) is 6.04 Å². The molecule has 1 N–H and O–H groups in total. The predicted octanol–water partition coefficient (Wildman–Crippen LogP) is 2.61. The van der Waals surface area contributed by atoms with Gasteiger partial charge in [-0.2, -0.15) is 4.31 Å². The van der Waals surface area contributed by atoms with Gasteiger partial charge in [0, 0.05) is 19.6 Å². The van der Waals surface area contributed by atoms with E-state index in [2.05, 4.69) is 12.2 Å². The van der Waals surface area contributed by atoms with E-state index in [9.17, 15) is 8.42 Å². The van der Waals surface area contributed by atoms with Crippen LogP contribution >= 0.6 is 0 Å². The van der Waals surface area contributed by atoms with Gasteiger partial charge in [-0.3, -0.25) is 0 Å². The molecule has 0 bridgehead atoms. The maximum absolute atomic E-state index is 12.5. The molecule has 0 amide bonds. The summed E-state index contributed by atoms with van der Waals surface area (Å²) in [6, 6.07) is 7.14. The zero-order valence-corrected chi connectivity index (χ0v) is 13.7. The number of hydrogen-bond acceptors (Lipinski definition) is 3. The van der Waals surface area contributed by atoms with E-state index >= 15 is 0 Å². The van der Waals surface area contributed by atoms with Crippen molar-refractivity contribution in [3.63, 3.8) is 0 Å². The van der Waals surface area contributed by atoms with Crippen LogP contribution in [0.4, 0.5) is 0 Å². The first-order chi connectivity index (χ1) is 9.43. The van der Waals surface area contributed by atoms with E-state index in [1.807, 2.05) is 26.0 Å². The van der Waals surface area contributed by atoms with Crippen molar-refractivity contribution in [2.24, 2.45) is 0 Å². The van der Waals surface area contributed by atoms with Gasteiger partial charge in [0.1, 0.15) is 0 Å². The van der Waals surface area contributed by atoms with Crippen molar-refractivity contribution < 1.29 is 8.42 Å². The number of nitrogens with one attached hydrogen (secondary N) is 1. The molecule has 1 unspecified atom stereocenters. The first kappa shape index (κ1) is 17.1. The lowest BCUT2D eigenvalue weighted by atomic mass is 10.2. The normalized spacial score (nSPS) is 13.7. The van der Waals surface area contributed by atoms with Crippen molar-refractivity contribution in [1.82, 2.24) is 9.62 Å². The maximum Gasteiger partial charge on any atom is 0.243 e. The van der Waals surface area contributed by atoms with Crippen LogP contribution in [-0.4, -0.2) is 32.4 Å². The second-order valence-corrected chi connectivity index (χ2v) is 7.08. The third-order valence-corrected chi connectivity index (χ3v) is 5.49. The van der Waals surface area contributed by atoms with Crippen LogP contribution in [0.15, 0.2) is 29.2 Å². The molecule has 0 fully saturated rings. The second-order valence-electron chi connectivity index (χ2n) is 5.08. The van der Waals surface area contributed by atoms with Crippen LogP contribution in [-0.2, 0) is 16.6 Å². The molecule has 20 heavy (non-hydrogen) atoms. The highest BCUT2D eigenvalue weighted by molar-refractivity contribution is 7.89. The summed E-state index contributed by atoms with van der Waals surface area (Å²) in [5.41, 5.74) is 1.09. The second kappa shape index (κ2) is 7.76. The van der Waals surface area contributed by atoms with E-state index in [1.165, 1.54) is 4.31 Å². The number of benzene rings is 1. The fraction of sp³-hybridized carbons (Fsp3) is 0.600. The molecule has 0 aliphatic rings. The molecular weight excluding hydrogens is 272 g/mol. The summed E-state index contributed by atoms with van der Waals surface area (Å²) in [7, 11) is -1.73. The monoisotopic (exact) mass is 298 g/mol. The van der Waals surface area contributed by atoms with Crippen LogP contribution in [0.5, 0.6) is 0 Å². The number of hydrogen-bond donors (Lipinski definition) is 1. The minimum Gasteiger partial charge on any atom is -0.313 e. The highest BCUT2D eigenvalue weighted by Gasteiger charge is 2.24. The Hall–Kier alpha value is -0.910. The Labute approximate surface area is 123 Å². The van der Waals surface area contributed by atoms with E-state index in [0.717, 1.165) is 31.5 Å². The van der Waals surface area contributed by atoms with Crippen molar-refractivity contribution >= 4 is 10.0 Å². The zero-order valence-electron chi connectivity index (χ0n) is 12.9. The van der Waals surface area contributed by atoms with Crippen molar-refractivity contribution in [3.8, 4) is 0 Å². The molecular formula is C15H26N2O2S. The van der Waals surface area contributed by atoms with Crippen molar-refractivity contribution in [2.45, 2.75) is 51.1 Å². The van der Waals surface area contributed by atoms with Gasteiger partial charge in [0.25, 0.3) is 0 Å². The summed E-state index contributed by atoms with van der Waals surface area (Å²) in [6.07, 6.45) is 1.84. The number of nitrogens with zero attached hydrogens (tertiary/aromatic N) is 1. The van der Waals surface area contributed by atoms with Crippen LogP contribution in [0, 0.1) is 0 Å². The minimum atomic E-state index is -3.38. The number of sulfonamides is 1. The van der Waals surface area contributed by atoms with Crippen molar-refractivity contribution in [3.05, 3.63) is 29.8 Å². The summed E-state index contributed by atoms with van der Waals surface area (Å²) in [4.78, 5) is 0.364. The van der Waals surface area contributed by atoms with E-state index in [0.29, 0.717) is 4.90 Å². The predicted molar refractivity (Wildman–Crippen MR) is 83.1 cm³/mol. The van der Waals surface area contributed by atoms with Crippen LogP contribution in [0.25, 0.3) is 0 Å². The van der Waals surface area contributed by atoms with Gasteiger partial charge in [0.2, 0.25) is 10.0 Å². The molecule has 114 valence electrons. The van der Waals surface area contributed by atoms with Gasteiger partial charge in [-0.05, 0) is 37.6 Å². The molecule has 4 nitrogen and oxygen atoms in total. The Morgan fingerprint density at radius 3 is 2.30 bits per heavy atom. The molecule has 0 aliphatic carbocycles. The van der Waals surface area contributed by atoms with Crippen molar-refractivity contribution in [2.75, 3.05) is 13.6 Å². The molecule has 1 aromatic rings. The molecule has 5 heteroatoms. The molecule has 0 saturated carbocycles. The third kappa shape index (κ3) is 4.30. The largest absolute Gasteiger partial charge is 0.313 e. The van der Waals surface area contributed by atoms with Gasteiger partial charge in [-0.25, -0.2) is 8.42 Å². The van der Waals surface area contributed by atoms with Crippen LogP contribution < -0.4 is 5.32 Å². The molecule has 0 aliphatic heterocycles. The topological polar surface area (TPSA) is 49.4 Å². The average molecular weight is 298 g/mol. The van der Waals surface area contributed by atoms with Gasteiger partial charge in [0.15, 0.2) is 0 Å². The van der Waals surface area contributed by atoms with Gasteiger partial charge in [-0.15, -0.1) is 0 Å². The zero-order chi connectivity index (χ0) is 15.2. The molecule has 0 heterocycles. The first-order valence-electron chi connectivity index (χ1n) is 7.21. The summed E-state index contributed by atoms with van der Waals surface area (Å²) in [5.74, 6) is 0. The standard InChI is InChI=1S/C15H26N2O2S/c1-5-7-13(3)17(4)20(18,19)15-10-8-14(9-11-15)12-16-6-2/h8-11,13,16H,5-7,12H2,1-4H3. The molecule has 0 aromatic heterocycles. The van der Waals surface area contributed by atoms with Crippen LogP contribution in [0.3, 0.4) is 0 Å². The minimum absolute atomic E-state index is 0.0198. The summed E-state index contributed by atoms with van der Waals surface area (Å²) in [6.45, 7) is 7.71. The smallest absolute Gasteiger partial charge is 0.243 e. The highest BCUT2D eigenvalue weighted by Crippen LogP contribution is 2.19. The lowest BCUT2D eigenvalue weighted by molar-refractivity contribution is 0.369. The summed E-state index contributed by atoms with van der Waals surface area (Å²) >= 11 is 0. The Morgan fingerprint density at radius 2 is 1.80 bits per heavy atom. The Morgan fingerprint density at radius 1 is 1.20 bits per heavy atom. The molecule has 0 saturated heterocycles. The highest BCUT2D eigenvalue weighted by atomic mass is 32.2. The van der Waals surface area contributed by atoms with Gasteiger partial charge < -0.3 is 5.32 Å². The van der Waals surface area contributed by atoms with Crippen LogP contribution in [0.1, 0.15) is 39.2 Å². The fourth-order valence-corrected chi connectivity index (χ4v) is 3.44. The van der Waals surface area contributed by atoms with E-state index in [4.69, 9.17) is 0 Å². The quantitative estimate of drug-likeness (QED) is 0.802. The first-order valence-corrected chi connectivity index (χ1v) is 8.65. The van der Waals surface area contributed by atoms with E-state index in [1.54, 1.807) is 19.2 Å². The number of rotatable bonds is 8. The lowest BCUT2D eigenvalue weighted by Gasteiger charge is -2.24. The molecule has 0 radical (unpaired) electrons. The lowest BCUT2D eigenvalue weighted by Crippen LogP contribution is -2.34. The van der Waals surface area contributed by atoms with Crippen molar-refractivity contribution in [1.29, 1.82) is 0 Å². The third-order valence-electron chi connectivity index (χ3n) is 3.51. The maximum atomic E-state index is 12.5. The van der Waals surface area contributed by atoms with Gasteiger partial charge >= 0.3 is 0 Å². The molecule has 1 aromatic carbocycles. The molecule has 1 rings (SSSR count). The van der Waals surface area contributed by atoms with Gasteiger partial charge in [-0.1, -0.05) is 32.4 Å². The Kier molecular flexibility index (Phi) is 6.65. The SMILES string of the molecule is CCCC(C)N(C)S(=O)(=O)c1ccc(CNCC)cc1. The molecule has 1 atom stereocenters. The Bertz CT molecular complexity index is 497. The summed E-state index contributed by atoms with van der Waals surface area (Å²) < 4.78 is 26.4. The Balaban J connectivity index is 2.87. The fourth-order valence-electron chi connectivity index (χ4n) is 2.05. The average Bonchev–Trinajstić information content (AvgIpc) is 2.45. The summed E-state index contributed by atoms with van der Waals surface area (Å²) in [5, 5.41) is 3.22.